The van der Waals surface area contributed by atoms with E-state index in [4.69, 9.17) is 21.4 Å². The molecule has 7 heteroatoms. The highest BCUT2D eigenvalue weighted by Gasteiger charge is 2.25. The van der Waals surface area contributed by atoms with E-state index in [1.165, 1.54) is 0 Å². The Balaban J connectivity index is 2.07. The highest BCUT2D eigenvalue weighted by atomic mass is 35.5. The summed E-state index contributed by atoms with van der Waals surface area (Å²) in [6, 6.07) is 0. The van der Waals surface area contributed by atoms with Gasteiger partial charge in [-0.15, -0.1) is 0 Å². The molecule has 6 nitrogen and oxygen atoms in total. The zero-order chi connectivity index (χ0) is 15.4. The number of ether oxygens (including phenoxy) is 1. The molecule has 2 rings (SSSR count). The molecule has 1 fully saturated rings. The lowest BCUT2D eigenvalue weighted by molar-refractivity contribution is -0.142. The molecule has 0 amide bonds. The molecule has 0 spiro atoms. The number of rotatable bonds is 6. The quantitative estimate of drug-likeness (QED) is 0.867. The lowest BCUT2D eigenvalue weighted by atomic mass is 10.2. The summed E-state index contributed by atoms with van der Waals surface area (Å²) in [6.45, 7) is 7.48. The fraction of sp³-hybridized carbons (Fsp3) is 0.714. The Hall–Kier alpha value is -1.11. The summed E-state index contributed by atoms with van der Waals surface area (Å²) in [5.41, 5.74) is 1.93. The van der Waals surface area contributed by atoms with E-state index in [0.29, 0.717) is 19.7 Å². The minimum atomic E-state index is -0.827. The van der Waals surface area contributed by atoms with E-state index in [0.717, 1.165) is 35.9 Å². The van der Waals surface area contributed by atoms with Crippen molar-refractivity contribution >= 4 is 17.6 Å². The second-order valence-electron chi connectivity index (χ2n) is 5.20. The van der Waals surface area contributed by atoms with Gasteiger partial charge in [-0.05, 0) is 13.3 Å². The Morgan fingerprint density at radius 3 is 2.90 bits per heavy atom. The number of aromatic nitrogens is 2. The van der Waals surface area contributed by atoms with Gasteiger partial charge in [0.2, 0.25) is 0 Å². The first-order chi connectivity index (χ1) is 10.0. The lowest BCUT2D eigenvalue weighted by Gasteiger charge is -2.32. The number of hydrogen-bond donors (Lipinski definition) is 1. The maximum absolute atomic E-state index is 10.8. The highest BCUT2D eigenvalue weighted by Crippen LogP contribution is 2.24. The molecule has 1 aliphatic rings. The first-order valence-corrected chi connectivity index (χ1v) is 7.72. The predicted octanol–water partition coefficient (Wildman–Crippen LogP) is 1.79. The summed E-state index contributed by atoms with van der Waals surface area (Å²) in [7, 11) is 0. The van der Waals surface area contributed by atoms with Crippen LogP contribution in [-0.2, 0) is 29.0 Å². The van der Waals surface area contributed by atoms with Crippen LogP contribution in [0, 0.1) is 0 Å². The van der Waals surface area contributed by atoms with Crippen LogP contribution in [0.15, 0.2) is 0 Å². The summed E-state index contributed by atoms with van der Waals surface area (Å²) in [5, 5.41) is 14.1. The lowest BCUT2D eigenvalue weighted by Crippen LogP contribution is -2.43. The van der Waals surface area contributed by atoms with Crippen LogP contribution >= 0.6 is 11.6 Å². The molecule has 0 bridgehead atoms. The van der Waals surface area contributed by atoms with Gasteiger partial charge in [-0.25, -0.2) is 0 Å². The minimum absolute atomic E-state index is 0.0392. The Kier molecular flexibility index (Phi) is 5.61. The summed E-state index contributed by atoms with van der Waals surface area (Å²) in [6.07, 6.45) is 0.597. The van der Waals surface area contributed by atoms with E-state index in [1.807, 2.05) is 18.5 Å². The number of halogens is 1. The average molecular weight is 316 g/mol. The number of aliphatic carboxylic acids is 1. The molecule has 2 heterocycles. The molecular formula is C14H22ClN3O3. The third kappa shape index (κ3) is 3.96. The van der Waals surface area contributed by atoms with Crippen LogP contribution in [-0.4, -0.2) is 51.6 Å². The van der Waals surface area contributed by atoms with Gasteiger partial charge in [-0.2, -0.15) is 5.10 Å². The van der Waals surface area contributed by atoms with Crippen LogP contribution < -0.4 is 0 Å². The van der Waals surface area contributed by atoms with Crippen molar-refractivity contribution in [1.82, 2.24) is 14.7 Å². The zero-order valence-corrected chi connectivity index (χ0v) is 13.3. The number of hydrogen-bond acceptors (Lipinski definition) is 4. The van der Waals surface area contributed by atoms with Gasteiger partial charge in [0.05, 0.1) is 35.5 Å². The number of carboxylic acid groups (broad SMARTS) is 1. The molecule has 1 aromatic heterocycles. The smallest absolute Gasteiger partial charge is 0.306 e. The molecular weight excluding hydrogens is 294 g/mol. The molecule has 1 aromatic rings. The molecule has 21 heavy (non-hydrogen) atoms. The molecule has 1 unspecified atom stereocenters. The summed E-state index contributed by atoms with van der Waals surface area (Å²) in [4.78, 5) is 13.0. The molecule has 0 aliphatic carbocycles. The van der Waals surface area contributed by atoms with Crippen LogP contribution in [0.3, 0.4) is 0 Å². The van der Waals surface area contributed by atoms with Gasteiger partial charge in [-0.1, -0.05) is 18.5 Å². The topological polar surface area (TPSA) is 67.6 Å². The Morgan fingerprint density at radius 2 is 2.29 bits per heavy atom. The maximum atomic E-state index is 10.8. The molecule has 1 N–H and O–H groups in total. The van der Waals surface area contributed by atoms with Crippen molar-refractivity contribution in [2.45, 2.75) is 45.9 Å². The van der Waals surface area contributed by atoms with Gasteiger partial charge in [0.15, 0.2) is 0 Å². The standard InChI is InChI=1S/C14H22ClN3O3/c1-3-11-14(15)12(18(4-2)16-11)9-17-5-6-21-10(8-17)7-13(19)20/h10H,3-9H2,1-2H3,(H,19,20). The Morgan fingerprint density at radius 1 is 1.52 bits per heavy atom. The maximum Gasteiger partial charge on any atom is 0.306 e. The predicted molar refractivity (Wildman–Crippen MR) is 79.6 cm³/mol. The molecule has 1 atom stereocenters. The molecule has 1 saturated heterocycles. The van der Waals surface area contributed by atoms with Crippen LogP contribution in [0.25, 0.3) is 0 Å². The monoisotopic (exact) mass is 315 g/mol. The van der Waals surface area contributed by atoms with E-state index in [1.54, 1.807) is 0 Å². The minimum Gasteiger partial charge on any atom is -0.481 e. The fourth-order valence-electron chi connectivity index (χ4n) is 2.62. The molecule has 0 aromatic carbocycles. The zero-order valence-electron chi connectivity index (χ0n) is 12.5. The van der Waals surface area contributed by atoms with E-state index in [2.05, 4.69) is 10.00 Å². The molecule has 0 saturated carbocycles. The SMILES string of the molecule is CCc1nn(CC)c(CN2CCOC(CC(=O)O)C2)c1Cl. The normalized spacial score (nSPS) is 19.9. The first-order valence-electron chi connectivity index (χ1n) is 7.34. The average Bonchev–Trinajstić information content (AvgIpc) is 2.75. The Bertz CT molecular complexity index is 504. The van der Waals surface area contributed by atoms with E-state index >= 15 is 0 Å². The van der Waals surface area contributed by atoms with Crippen molar-refractivity contribution in [3.63, 3.8) is 0 Å². The van der Waals surface area contributed by atoms with E-state index in [9.17, 15) is 4.79 Å². The van der Waals surface area contributed by atoms with Gasteiger partial charge in [-0.3, -0.25) is 14.4 Å². The number of carboxylic acids is 1. The van der Waals surface area contributed by atoms with E-state index < -0.39 is 5.97 Å². The largest absolute Gasteiger partial charge is 0.481 e. The van der Waals surface area contributed by atoms with Crippen molar-refractivity contribution < 1.29 is 14.6 Å². The van der Waals surface area contributed by atoms with Crippen LogP contribution in [0.4, 0.5) is 0 Å². The number of carbonyl (C=O) groups is 1. The van der Waals surface area contributed by atoms with Gasteiger partial charge >= 0.3 is 5.97 Å². The van der Waals surface area contributed by atoms with Gasteiger partial charge < -0.3 is 9.84 Å². The van der Waals surface area contributed by atoms with Crippen LogP contribution in [0.2, 0.25) is 5.02 Å². The summed E-state index contributed by atoms with van der Waals surface area (Å²) >= 11 is 6.41. The van der Waals surface area contributed by atoms with Crippen LogP contribution in [0.5, 0.6) is 0 Å². The van der Waals surface area contributed by atoms with E-state index in [-0.39, 0.29) is 12.5 Å². The van der Waals surface area contributed by atoms with Gasteiger partial charge in [0.1, 0.15) is 0 Å². The molecule has 1 aliphatic heterocycles. The van der Waals surface area contributed by atoms with Crippen molar-refractivity contribution in [2.24, 2.45) is 0 Å². The Labute approximate surface area is 129 Å². The number of nitrogens with zero attached hydrogens (tertiary/aromatic N) is 3. The fourth-order valence-corrected chi connectivity index (χ4v) is 2.95. The van der Waals surface area contributed by atoms with Crippen molar-refractivity contribution in [3.05, 3.63) is 16.4 Å². The van der Waals surface area contributed by atoms with Crippen LogP contribution in [0.1, 0.15) is 31.7 Å². The van der Waals surface area contributed by atoms with Crippen molar-refractivity contribution in [2.75, 3.05) is 19.7 Å². The number of aryl methyl sites for hydroxylation is 2. The highest BCUT2D eigenvalue weighted by molar-refractivity contribution is 6.31. The molecule has 0 radical (unpaired) electrons. The summed E-state index contributed by atoms with van der Waals surface area (Å²) < 4.78 is 7.43. The second kappa shape index (κ2) is 7.24. The van der Waals surface area contributed by atoms with Crippen molar-refractivity contribution in [1.29, 1.82) is 0 Å². The summed E-state index contributed by atoms with van der Waals surface area (Å²) in [5.74, 6) is -0.827. The third-order valence-corrected chi connectivity index (χ3v) is 4.13. The van der Waals surface area contributed by atoms with Crippen molar-refractivity contribution in [3.8, 4) is 0 Å². The number of morpholine rings is 1. The molecule has 118 valence electrons. The first kappa shape index (κ1) is 16.3. The van der Waals surface area contributed by atoms with Gasteiger partial charge in [0.25, 0.3) is 0 Å². The van der Waals surface area contributed by atoms with Gasteiger partial charge in [0, 0.05) is 26.2 Å². The second-order valence-corrected chi connectivity index (χ2v) is 5.58. The third-order valence-electron chi connectivity index (χ3n) is 3.69.